The van der Waals surface area contributed by atoms with Crippen LogP contribution in [-0.2, 0) is 11.6 Å². The molecule has 0 unspecified atom stereocenters. The number of alkyl halides is 3. The molecule has 0 radical (unpaired) electrons. The van der Waals surface area contributed by atoms with Crippen molar-refractivity contribution in [2.75, 3.05) is 26.2 Å². The van der Waals surface area contributed by atoms with Gasteiger partial charge in [0.2, 0.25) is 0 Å². The van der Waals surface area contributed by atoms with Crippen molar-refractivity contribution in [3.8, 4) is 5.75 Å². The van der Waals surface area contributed by atoms with Gasteiger partial charge < -0.3 is 4.74 Å². The highest BCUT2D eigenvalue weighted by Crippen LogP contribution is 2.41. The minimum atomic E-state index is -4.36. The molecule has 0 aromatic heterocycles. The van der Waals surface area contributed by atoms with E-state index in [2.05, 4.69) is 53.4 Å². The van der Waals surface area contributed by atoms with Gasteiger partial charge in [-0.1, -0.05) is 66.7 Å². The van der Waals surface area contributed by atoms with Crippen LogP contribution in [0.5, 0.6) is 5.75 Å². The fourth-order valence-electron chi connectivity index (χ4n) is 4.47. The zero-order valence-corrected chi connectivity index (χ0v) is 17.3. The monoisotopic (exact) mass is 425 g/mol. The highest BCUT2D eigenvalue weighted by Gasteiger charge is 2.37. The maximum atomic E-state index is 12.9. The van der Waals surface area contributed by atoms with Crippen molar-refractivity contribution in [3.63, 3.8) is 0 Å². The molecule has 0 saturated carbocycles. The number of hydrogen-bond donors (Lipinski definition) is 0. The first kappa shape index (κ1) is 21.4. The van der Waals surface area contributed by atoms with Crippen LogP contribution in [0.1, 0.15) is 29.5 Å². The third-order valence-corrected chi connectivity index (χ3v) is 6.20. The van der Waals surface area contributed by atoms with Gasteiger partial charge in [-0.05, 0) is 55.3 Å². The molecule has 1 heterocycles. The molecule has 0 atom stereocenters. The lowest BCUT2D eigenvalue weighted by Crippen LogP contribution is -2.44. The number of likely N-dealkylation sites (tertiary alicyclic amines) is 1. The van der Waals surface area contributed by atoms with Crippen molar-refractivity contribution in [1.82, 2.24) is 4.90 Å². The molecule has 0 amide bonds. The molecule has 31 heavy (non-hydrogen) atoms. The number of halogens is 3. The Morgan fingerprint density at radius 1 is 0.774 bits per heavy atom. The summed E-state index contributed by atoms with van der Waals surface area (Å²) in [6.45, 7) is 2.88. The lowest BCUT2D eigenvalue weighted by molar-refractivity contribution is -0.137. The lowest BCUT2D eigenvalue weighted by atomic mass is 9.68. The van der Waals surface area contributed by atoms with Gasteiger partial charge in [-0.25, -0.2) is 0 Å². The highest BCUT2D eigenvalue weighted by atomic mass is 19.4. The first-order valence-corrected chi connectivity index (χ1v) is 10.6. The summed E-state index contributed by atoms with van der Waals surface area (Å²) in [4.78, 5) is 2.33. The van der Waals surface area contributed by atoms with Crippen molar-refractivity contribution in [2.45, 2.75) is 24.4 Å². The minimum Gasteiger partial charge on any atom is -0.492 e. The van der Waals surface area contributed by atoms with Crippen molar-refractivity contribution in [3.05, 3.63) is 102 Å². The van der Waals surface area contributed by atoms with E-state index in [-0.39, 0.29) is 11.2 Å². The van der Waals surface area contributed by atoms with Crippen molar-refractivity contribution in [2.24, 2.45) is 0 Å². The first-order valence-electron chi connectivity index (χ1n) is 10.6. The van der Waals surface area contributed by atoms with E-state index in [9.17, 15) is 13.2 Å². The SMILES string of the molecule is FC(F)(F)c1cccc(OCCN2CCC(c3ccccc3)(c3ccccc3)CC2)c1. The summed E-state index contributed by atoms with van der Waals surface area (Å²) in [6.07, 6.45) is -2.38. The molecule has 1 saturated heterocycles. The predicted molar refractivity (Wildman–Crippen MR) is 116 cm³/mol. The third kappa shape index (κ3) is 4.93. The van der Waals surface area contributed by atoms with E-state index in [1.165, 1.54) is 17.2 Å². The van der Waals surface area contributed by atoms with E-state index in [0.717, 1.165) is 38.1 Å². The maximum absolute atomic E-state index is 12.9. The van der Waals surface area contributed by atoms with Crippen molar-refractivity contribution >= 4 is 0 Å². The van der Waals surface area contributed by atoms with Gasteiger partial charge >= 0.3 is 6.18 Å². The zero-order valence-electron chi connectivity index (χ0n) is 17.3. The fraction of sp³-hybridized carbons (Fsp3) is 0.308. The van der Waals surface area contributed by atoms with Crippen LogP contribution in [0, 0.1) is 0 Å². The zero-order chi connectivity index (χ0) is 21.7. The summed E-state index contributed by atoms with van der Waals surface area (Å²) in [6, 6.07) is 26.4. The van der Waals surface area contributed by atoms with Crippen LogP contribution < -0.4 is 4.74 Å². The Bertz CT molecular complexity index is 923. The van der Waals surface area contributed by atoms with Gasteiger partial charge in [0.05, 0.1) is 5.56 Å². The van der Waals surface area contributed by atoms with Crippen LogP contribution in [-0.4, -0.2) is 31.1 Å². The standard InChI is InChI=1S/C26H26F3NO/c27-26(28,29)23-12-7-13-24(20-23)31-19-18-30-16-14-25(15-17-30,21-8-3-1-4-9-21)22-10-5-2-6-11-22/h1-13,20H,14-19H2. The van der Waals surface area contributed by atoms with Crippen LogP contribution in [0.25, 0.3) is 0 Å². The number of piperidine rings is 1. The fourth-order valence-corrected chi connectivity index (χ4v) is 4.47. The Balaban J connectivity index is 1.38. The molecule has 0 bridgehead atoms. The normalized spacial score (nSPS) is 16.7. The molecular weight excluding hydrogens is 399 g/mol. The average molecular weight is 425 g/mol. The Labute approximate surface area is 181 Å². The Morgan fingerprint density at radius 2 is 1.35 bits per heavy atom. The van der Waals surface area contributed by atoms with E-state index in [1.807, 2.05) is 12.1 Å². The number of benzene rings is 3. The Morgan fingerprint density at radius 3 is 1.90 bits per heavy atom. The Kier molecular flexibility index (Phi) is 6.33. The van der Waals surface area contributed by atoms with E-state index in [4.69, 9.17) is 4.74 Å². The van der Waals surface area contributed by atoms with Crippen molar-refractivity contribution in [1.29, 1.82) is 0 Å². The second kappa shape index (κ2) is 9.15. The topological polar surface area (TPSA) is 12.5 Å². The largest absolute Gasteiger partial charge is 0.492 e. The minimum absolute atomic E-state index is 0.0130. The van der Waals surface area contributed by atoms with Gasteiger partial charge in [-0.15, -0.1) is 0 Å². The first-order chi connectivity index (χ1) is 15.0. The molecule has 1 fully saturated rings. The van der Waals surface area contributed by atoms with Gasteiger partial charge in [-0.3, -0.25) is 4.90 Å². The number of nitrogens with zero attached hydrogens (tertiary/aromatic N) is 1. The van der Waals surface area contributed by atoms with Gasteiger partial charge in [0.25, 0.3) is 0 Å². The number of ether oxygens (including phenoxy) is 1. The summed E-state index contributed by atoms with van der Waals surface area (Å²) in [7, 11) is 0. The molecule has 0 aliphatic carbocycles. The molecule has 162 valence electrons. The lowest BCUT2D eigenvalue weighted by Gasteiger charge is -2.43. The summed E-state index contributed by atoms with van der Waals surface area (Å²) >= 11 is 0. The van der Waals surface area contributed by atoms with Crippen LogP contribution >= 0.6 is 0 Å². The maximum Gasteiger partial charge on any atom is 0.416 e. The molecular formula is C26H26F3NO. The number of rotatable bonds is 6. The van der Waals surface area contributed by atoms with Gasteiger partial charge in [0, 0.05) is 12.0 Å². The summed E-state index contributed by atoms with van der Waals surface area (Å²) < 4.78 is 44.2. The second-order valence-corrected chi connectivity index (χ2v) is 8.03. The highest BCUT2D eigenvalue weighted by molar-refractivity contribution is 5.40. The van der Waals surface area contributed by atoms with E-state index in [1.54, 1.807) is 6.07 Å². The molecule has 5 heteroatoms. The third-order valence-electron chi connectivity index (χ3n) is 6.20. The molecule has 3 aromatic carbocycles. The van der Waals surface area contributed by atoms with Crippen molar-refractivity contribution < 1.29 is 17.9 Å². The average Bonchev–Trinajstić information content (AvgIpc) is 2.80. The summed E-state index contributed by atoms with van der Waals surface area (Å²) in [5.41, 5.74) is 1.97. The molecule has 0 spiro atoms. The molecule has 4 rings (SSSR count). The van der Waals surface area contributed by atoms with Gasteiger partial charge in [0.1, 0.15) is 12.4 Å². The quantitative estimate of drug-likeness (QED) is 0.469. The predicted octanol–water partition coefficient (Wildman–Crippen LogP) is 6.17. The van der Waals surface area contributed by atoms with E-state index in [0.29, 0.717) is 13.2 Å². The molecule has 0 N–H and O–H groups in total. The van der Waals surface area contributed by atoms with E-state index >= 15 is 0 Å². The van der Waals surface area contributed by atoms with Crippen LogP contribution in [0.15, 0.2) is 84.9 Å². The van der Waals surface area contributed by atoms with Crippen LogP contribution in [0.4, 0.5) is 13.2 Å². The summed E-state index contributed by atoms with van der Waals surface area (Å²) in [5.74, 6) is 0.259. The van der Waals surface area contributed by atoms with E-state index < -0.39 is 11.7 Å². The number of hydrogen-bond acceptors (Lipinski definition) is 2. The second-order valence-electron chi connectivity index (χ2n) is 8.03. The van der Waals surface area contributed by atoms with Crippen LogP contribution in [0.3, 0.4) is 0 Å². The van der Waals surface area contributed by atoms with Crippen LogP contribution in [0.2, 0.25) is 0 Å². The summed E-state index contributed by atoms with van der Waals surface area (Å²) in [5, 5.41) is 0. The smallest absolute Gasteiger partial charge is 0.416 e. The molecule has 1 aliphatic heterocycles. The van der Waals surface area contributed by atoms with Gasteiger partial charge in [-0.2, -0.15) is 13.2 Å². The molecule has 1 aliphatic rings. The Hall–Kier alpha value is -2.79. The van der Waals surface area contributed by atoms with Gasteiger partial charge in [0.15, 0.2) is 0 Å². The molecule has 3 aromatic rings. The molecule has 2 nitrogen and oxygen atoms in total.